The molecule has 2 aromatic heterocycles. The van der Waals surface area contributed by atoms with E-state index in [-0.39, 0.29) is 24.5 Å². The van der Waals surface area contributed by atoms with Gasteiger partial charge in [0, 0.05) is 25.8 Å². The van der Waals surface area contributed by atoms with E-state index in [9.17, 15) is 0 Å². The molecule has 0 aromatic carbocycles. The molecule has 14 heavy (non-hydrogen) atoms. The summed E-state index contributed by atoms with van der Waals surface area (Å²) in [4.78, 5) is 14.2. The second kappa shape index (κ2) is 4.98. The first kappa shape index (κ1) is 12.9. The number of nitrogens with zero attached hydrogens (tertiary/aromatic N) is 4. The molecule has 0 fully saturated rings. The summed E-state index contributed by atoms with van der Waals surface area (Å²) in [5, 5.41) is 1.00. The second-order valence-corrected chi connectivity index (χ2v) is 2.77. The van der Waals surface area contributed by atoms with Crippen molar-refractivity contribution < 1.29 is 17.1 Å². The van der Waals surface area contributed by atoms with Crippen LogP contribution in [0.25, 0.3) is 11.0 Å². The summed E-state index contributed by atoms with van der Waals surface area (Å²) in [6.07, 6.45) is 3.27. The van der Waals surface area contributed by atoms with Crippen molar-refractivity contribution in [3.8, 4) is 0 Å². The molecule has 2 heterocycles. The summed E-state index contributed by atoms with van der Waals surface area (Å²) in [5.74, 6) is 0.914. The minimum Gasteiger partial charge on any atom is -0.442 e. The number of hydrogen-bond donors (Lipinski definition) is 0. The Kier molecular flexibility index (Phi) is 4.60. The number of aromatic nitrogens is 3. The first-order valence-electron chi connectivity index (χ1n) is 3.69. The van der Waals surface area contributed by atoms with Gasteiger partial charge in [-0.3, -0.25) is 0 Å². The quantitative estimate of drug-likeness (QED) is 0.544. The average Bonchev–Trinajstić information content (AvgIpc) is 2.49. The number of fused-ring (bicyclic) bond motifs is 1. The zero-order chi connectivity index (χ0) is 8.55. The van der Waals surface area contributed by atoms with Gasteiger partial charge in [-0.25, -0.2) is 4.98 Å². The van der Waals surface area contributed by atoms with E-state index in [4.69, 9.17) is 0 Å². The molecule has 5 heteroatoms. The van der Waals surface area contributed by atoms with Crippen LogP contribution in [0, 0.1) is 7.43 Å². The van der Waals surface area contributed by atoms with Crippen LogP contribution in [-0.2, 0) is 17.1 Å². The van der Waals surface area contributed by atoms with Gasteiger partial charge in [-0.1, -0.05) is 12.3 Å². The van der Waals surface area contributed by atoms with Gasteiger partial charge in [-0.2, -0.15) is 0 Å². The maximum Gasteiger partial charge on any atom is 2.00 e. The van der Waals surface area contributed by atoms with Crippen molar-refractivity contribution in [2.75, 3.05) is 19.0 Å². The van der Waals surface area contributed by atoms with Gasteiger partial charge in [0.2, 0.25) is 0 Å². The molecule has 0 aliphatic rings. The molecular formula is C9H12MnN4. The summed E-state index contributed by atoms with van der Waals surface area (Å²) in [6.45, 7) is 0. The van der Waals surface area contributed by atoms with E-state index in [1.54, 1.807) is 6.20 Å². The first-order chi connectivity index (χ1) is 5.79. The molecule has 0 aliphatic heterocycles. The summed E-state index contributed by atoms with van der Waals surface area (Å²) < 4.78 is 0. The van der Waals surface area contributed by atoms with E-state index in [0.29, 0.717) is 0 Å². The Bertz CT molecular complexity index is 396. The van der Waals surface area contributed by atoms with Crippen LogP contribution in [0.1, 0.15) is 0 Å². The van der Waals surface area contributed by atoms with E-state index in [1.165, 1.54) is 6.33 Å². The third kappa shape index (κ3) is 2.05. The third-order valence-electron chi connectivity index (χ3n) is 1.70. The van der Waals surface area contributed by atoms with Crippen molar-refractivity contribution in [1.82, 2.24) is 15.0 Å². The molecule has 0 spiro atoms. The smallest absolute Gasteiger partial charge is 0.442 e. The fourth-order valence-electron chi connectivity index (χ4n) is 1.17. The van der Waals surface area contributed by atoms with E-state index in [2.05, 4.69) is 15.0 Å². The van der Waals surface area contributed by atoms with Gasteiger partial charge in [0.1, 0.15) is 5.82 Å². The fraction of sp³-hybridized carbons (Fsp3) is 0.222. The van der Waals surface area contributed by atoms with Gasteiger partial charge in [-0.15, -0.1) is 0 Å². The molecular weight excluding hydrogens is 219 g/mol. The zero-order valence-electron chi connectivity index (χ0n) is 8.40. The van der Waals surface area contributed by atoms with Crippen molar-refractivity contribution in [2.45, 2.75) is 0 Å². The predicted molar refractivity (Wildman–Crippen MR) is 53.6 cm³/mol. The average molecular weight is 231 g/mol. The van der Waals surface area contributed by atoms with Crippen LogP contribution in [0.2, 0.25) is 0 Å². The number of hydrogen-bond acceptors (Lipinski definition) is 3. The molecule has 0 atom stereocenters. The van der Waals surface area contributed by atoms with Crippen LogP contribution in [0.3, 0.4) is 0 Å². The minimum atomic E-state index is 0. The van der Waals surface area contributed by atoms with E-state index in [0.717, 1.165) is 16.9 Å². The van der Waals surface area contributed by atoms with Gasteiger partial charge < -0.3 is 22.3 Å². The van der Waals surface area contributed by atoms with E-state index >= 15 is 0 Å². The standard InChI is InChI=1S/C8H9N4.CH3.Mn/c1-12(2)8-6-3-4-9-7(6)10-5-11-8;;/h3-5H,1-2H3;1H3;/q2*-1;+2. The third-order valence-corrected chi connectivity index (χ3v) is 1.70. The summed E-state index contributed by atoms with van der Waals surface area (Å²) in [6, 6.07) is 1.92. The number of rotatable bonds is 1. The molecule has 0 saturated heterocycles. The van der Waals surface area contributed by atoms with Crippen LogP contribution in [0.5, 0.6) is 0 Å². The molecule has 0 saturated carbocycles. The molecule has 0 amide bonds. The van der Waals surface area contributed by atoms with Gasteiger partial charge in [-0.05, 0) is 5.65 Å². The Morgan fingerprint density at radius 2 is 2.00 bits per heavy atom. The van der Waals surface area contributed by atoms with Crippen LogP contribution < -0.4 is 9.88 Å². The van der Waals surface area contributed by atoms with Gasteiger partial charge in [0.05, 0.1) is 0 Å². The largest absolute Gasteiger partial charge is 2.00 e. The van der Waals surface area contributed by atoms with Crippen LogP contribution in [0.4, 0.5) is 5.82 Å². The van der Waals surface area contributed by atoms with Gasteiger partial charge in [0.25, 0.3) is 0 Å². The topological polar surface area (TPSA) is 43.1 Å². The fourth-order valence-corrected chi connectivity index (χ4v) is 1.17. The Morgan fingerprint density at radius 1 is 1.29 bits per heavy atom. The van der Waals surface area contributed by atoms with Crippen molar-refractivity contribution in [1.29, 1.82) is 0 Å². The molecule has 1 radical (unpaired) electrons. The molecule has 2 aromatic rings. The Labute approximate surface area is 94.2 Å². The molecule has 75 valence electrons. The Morgan fingerprint density at radius 3 is 2.64 bits per heavy atom. The molecule has 4 nitrogen and oxygen atoms in total. The molecule has 2 rings (SSSR count). The van der Waals surface area contributed by atoms with Gasteiger partial charge >= 0.3 is 17.1 Å². The van der Waals surface area contributed by atoms with Crippen LogP contribution >= 0.6 is 0 Å². The van der Waals surface area contributed by atoms with Crippen molar-refractivity contribution in [2.24, 2.45) is 0 Å². The van der Waals surface area contributed by atoms with E-state index in [1.807, 2.05) is 25.1 Å². The van der Waals surface area contributed by atoms with Gasteiger partial charge in [0.15, 0.2) is 0 Å². The monoisotopic (exact) mass is 231 g/mol. The normalized spacial score (nSPS) is 9.00. The maximum atomic E-state index is 4.15. The van der Waals surface area contributed by atoms with Crippen molar-refractivity contribution in [3.05, 3.63) is 26.0 Å². The maximum absolute atomic E-state index is 4.15. The van der Waals surface area contributed by atoms with Crippen molar-refractivity contribution in [3.63, 3.8) is 0 Å². The van der Waals surface area contributed by atoms with Crippen LogP contribution in [-0.4, -0.2) is 24.1 Å². The molecule has 0 unspecified atom stereocenters. The van der Waals surface area contributed by atoms with E-state index < -0.39 is 0 Å². The second-order valence-electron chi connectivity index (χ2n) is 2.77. The summed E-state index contributed by atoms with van der Waals surface area (Å²) >= 11 is 0. The Balaban J connectivity index is 0.000000845. The van der Waals surface area contributed by atoms with Crippen molar-refractivity contribution >= 4 is 16.9 Å². The molecule has 0 aliphatic carbocycles. The minimum absolute atomic E-state index is 0. The molecule has 0 N–H and O–H groups in total. The first-order valence-corrected chi connectivity index (χ1v) is 3.69. The van der Waals surface area contributed by atoms with Crippen LogP contribution in [0.15, 0.2) is 18.6 Å². The molecule has 0 bridgehead atoms. The Hall–Kier alpha value is -1.06. The number of anilines is 1. The SMILES string of the molecule is CN(C)c1ncnc2[n-]ccc12.[CH3-].[Mn+2]. The summed E-state index contributed by atoms with van der Waals surface area (Å²) in [7, 11) is 3.91. The summed E-state index contributed by atoms with van der Waals surface area (Å²) in [5.41, 5.74) is 0.758. The predicted octanol–water partition coefficient (Wildman–Crippen LogP) is 1.10. The zero-order valence-corrected chi connectivity index (χ0v) is 9.58.